The summed E-state index contributed by atoms with van der Waals surface area (Å²) in [5.41, 5.74) is 4.78. The Labute approximate surface area is 117 Å². The fourth-order valence-electron chi connectivity index (χ4n) is 1.35. The number of rotatable bonds is 1. The van der Waals surface area contributed by atoms with E-state index in [4.69, 9.17) is 10.5 Å². The van der Waals surface area contributed by atoms with Crippen LogP contribution in [0.4, 0.5) is 4.79 Å². The third kappa shape index (κ3) is 10.8. The highest BCUT2D eigenvalue weighted by Gasteiger charge is 2.22. The lowest BCUT2D eigenvalue weighted by Crippen LogP contribution is -2.38. The van der Waals surface area contributed by atoms with Crippen LogP contribution in [-0.4, -0.2) is 49.3 Å². The molecule has 0 saturated carbocycles. The van der Waals surface area contributed by atoms with Gasteiger partial charge < -0.3 is 20.7 Å². The first-order valence-electron chi connectivity index (χ1n) is 7.15. The summed E-state index contributed by atoms with van der Waals surface area (Å²) in [6.07, 6.45) is 0.806. The Balaban J connectivity index is 0.000000555. The Kier molecular flexibility index (Phi) is 8.76. The second kappa shape index (κ2) is 9.15. The van der Waals surface area contributed by atoms with Crippen molar-refractivity contribution < 1.29 is 9.53 Å². The number of nitrogens with one attached hydrogen (secondary N) is 1. The van der Waals surface area contributed by atoms with Crippen LogP contribution in [0.25, 0.3) is 0 Å². The summed E-state index contributed by atoms with van der Waals surface area (Å²) in [5, 5.41) is 3.25. The van der Waals surface area contributed by atoms with Gasteiger partial charge >= 0.3 is 6.09 Å². The second-order valence-corrected chi connectivity index (χ2v) is 6.20. The maximum atomic E-state index is 11.6. The van der Waals surface area contributed by atoms with Gasteiger partial charge in [-0.1, -0.05) is 13.8 Å². The van der Waals surface area contributed by atoms with Gasteiger partial charge in [-0.25, -0.2) is 4.79 Å². The SMILES string of the molecule is CC(C)(C)OC(=O)N1CCCNCC1.CC(C)CN. The Morgan fingerprint density at radius 3 is 2.37 bits per heavy atom. The minimum Gasteiger partial charge on any atom is -0.444 e. The van der Waals surface area contributed by atoms with Gasteiger partial charge in [0.15, 0.2) is 0 Å². The molecule has 5 nitrogen and oxygen atoms in total. The fourth-order valence-corrected chi connectivity index (χ4v) is 1.35. The second-order valence-electron chi connectivity index (χ2n) is 6.20. The van der Waals surface area contributed by atoms with E-state index < -0.39 is 5.60 Å². The van der Waals surface area contributed by atoms with E-state index in [9.17, 15) is 4.79 Å². The molecule has 0 unspecified atom stereocenters. The topological polar surface area (TPSA) is 67.6 Å². The van der Waals surface area contributed by atoms with Crippen molar-refractivity contribution in [3.05, 3.63) is 0 Å². The number of hydrogen-bond acceptors (Lipinski definition) is 4. The lowest BCUT2D eigenvalue weighted by Gasteiger charge is -2.26. The van der Waals surface area contributed by atoms with Crippen molar-refractivity contribution in [1.82, 2.24) is 10.2 Å². The summed E-state index contributed by atoms with van der Waals surface area (Å²) in [6.45, 7) is 14.1. The molecule has 5 heteroatoms. The summed E-state index contributed by atoms with van der Waals surface area (Å²) < 4.78 is 5.29. The van der Waals surface area contributed by atoms with E-state index in [0.717, 1.165) is 39.1 Å². The van der Waals surface area contributed by atoms with Crippen molar-refractivity contribution in [3.8, 4) is 0 Å². The molecule has 0 bridgehead atoms. The highest BCUT2D eigenvalue weighted by molar-refractivity contribution is 5.68. The molecule has 1 aliphatic rings. The standard InChI is InChI=1S/C10H20N2O2.C4H11N/c1-10(2,3)14-9(13)12-7-4-5-11-6-8-12;1-4(2)3-5/h11H,4-8H2,1-3H3;4H,3,5H2,1-2H3. The molecule has 1 aliphatic heterocycles. The Morgan fingerprint density at radius 2 is 1.89 bits per heavy atom. The summed E-state index contributed by atoms with van der Waals surface area (Å²) in [7, 11) is 0. The fraction of sp³-hybridized carbons (Fsp3) is 0.929. The lowest BCUT2D eigenvalue weighted by molar-refractivity contribution is 0.0262. The number of hydrogen-bond donors (Lipinski definition) is 2. The van der Waals surface area contributed by atoms with E-state index >= 15 is 0 Å². The van der Waals surface area contributed by atoms with Gasteiger partial charge in [0.2, 0.25) is 0 Å². The van der Waals surface area contributed by atoms with Gasteiger partial charge in [0.1, 0.15) is 5.60 Å². The molecule has 3 N–H and O–H groups in total. The first kappa shape index (κ1) is 18.2. The molecule has 1 rings (SSSR count). The van der Waals surface area contributed by atoms with Crippen LogP contribution in [0.1, 0.15) is 41.0 Å². The molecule has 1 heterocycles. The van der Waals surface area contributed by atoms with Crippen molar-refractivity contribution in [1.29, 1.82) is 0 Å². The van der Waals surface area contributed by atoms with E-state index in [2.05, 4.69) is 19.2 Å². The number of carbonyl (C=O) groups excluding carboxylic acids is 1. The average Bonchev–Trinajstić information content (AvgIpc) is 2.56. The van der Waals surface area contributed by atoms with Gasteiger partial charge in [0, 0.05) is 19.6 Å². The minimum atomic E-state index is -0.392. The molecular weight excluding hydrogens is 242 g/mol. The van der Waals surface area contributed by atoms with Gasteiger partial charge in [-0.15, -0.1) is 0 Å². The van der Waals surface area contributed by atoms with Crippen molar-refractivity contribution >= 4 is 6.09 Å². The molecule has 0 aromatic carbocycles. The Hall–Kier alpha value is -0.810. The van der Waals surface area contributed by atoms with Gasteiger partial charge in [0.05, 0.1) is 0 Å². The maximum Gasteiger partial charge on any atom is 0.410 e. The number of nitrogens with two attached hydrogens (primary N) is 1. The van der Waals surface area contributed by atoms with Gasteiger partial charge in [-0.2, -0.15) is 0 Å². The summed E-state index contributed by atoms with van der Waals surface area (Å²) in [6, 6.07) is 0. The van der Waals surface area contributed by atoms with Gasteiger partial charge in [-0.05, 0) is 46.2 Å². The third-order valence-electron chi connectivity index (χ3n) is 2.46. The molecule has 0 atom stereocenters. The Bertz CT molecular complexity index is 242. The summed E-state index contributed by atoms with van der Waals surface area (Å²) in [4.78, 5) is 13.4. The lowest BCUT2D eigenvalue weighted by atomic mass is 10.2. The quantitative estimate of drug-likeness (QED) is 0.764. The monoisotopic (exact) mass is 273 g/mol. The number of carbonyl (C=O) groups is 1. The highest BCUT2D eigenvalue weighted by Crippen LogP contribution is 2.10. The zero-order chi connectivity index (χ0) is 14.9. The van der Waals surface area contributed by atoms with Crippen LogP contribution in [0.15, 0.2) is 0 Å². The van der Waals surface area contributed by atoms with Crippen molar-refractivity contribution in [2.45, 2.75) is 46.6 Å². The van der Waals surface area contributed by atoms with Gasteiger partial charge in [-0.3, -0.25) is 0 Å². The van der Waals surface area contributed by atoms with E-state index in [1.54, 1.807) is 4.90 Å². The zero-order valence-corrected chi connectivity index (χ0v) is 13.2. The predicted molar refractivity (Wildman–Crippen MR) is 79.2 cm³/mol. The molecule has 0 spiro atoms. The van der Waals surface area contributed by atoms with Crippen LogP contribution >= 0.6 is 0 Å². The van der Waals surface area contributed by atoms with E-state index in [1.165, 1.54) is 0 Å². The smallest absolute Gasteiger partial charge is 0.410 e. The molecular formula is C14H31N3O2. The molecule has 19 heavy (non-hydrogen) atoms. The first-order chi connectivity index (χ1) is 8.76. The first-order valence-corrected chi connectivity index (χ1v) is 7.15. The van der Waals surface area contributed by atoms with E-state index in [0.29, 0.717) is 5.92 Å². The minimum absolute atomic E-state index is 0.193. The van der Waals surface area contributed by atoms with Crippen LogP contribution in [0.5, 0.6) is 0 Å². The Morgan fingerprint density at radius 1 is 1.32 bits per heavy atom. The molecule has 1 fully saturated rings. The number of ether oxygens (including phenoxy) is 1. The summed E-state index contributed by atoms with van der Waals surface area (Å²) >= 11 is 0. The molecule has 0 aliphatic carbocycles. The van der Waals surface area contributed by atoms with Gasteiger partial charge in [0.25, 0.3) is 0 Å². The van der Waals surface area contributed by atoms with Crippen LogP contribution in [0.2, 0.25) is 0 Å². The van der Waals surface area contributed by atoms with Crippen LogP contribution < -0.4 is 11.1 Å². The highest BCUT2D eigenvalue weighted by atomic mass is 16.6. The van der Waals surface area contributed by atoms with Crippen LogP contribution in [0.3, 0.4) is 0 Å². The van der Waals surface area contributed by atoms with Crippen molar-refractivity contribution in [3.63, 3.8) is 0 Å². The largest absolute Gasteiger partial charge is 0.444 e. The summed E-state index contributed by atoms with van der Waals surface area (Å²) in [5.74, 6) is 0.662. The number of nitrogens with zero attached hydrogens (tertiary/aromatic N) is 1. The molecule has 1 saturated heterocycles. The maximum absolute atomic E-state index is 11.6. The van der Waals surface area contributed by atoms with E-state index in [1.807, 2.05) is 20.8 Å². The molecule has 114 valence electrons. The van der Waals surface area contributed by atoms with Crippen LogP contribution in [-0.2, 0) is 4.74 Å². The van der Waals surface area contributed by atoms with Crippen molar-refractivity contribution in [2.24, 2.45) is 11.7 Å². The van der Waals surface area contributed by atoms with E-state index in [-0.39, 0.29) is 6.09 Å². The molecule has 0 aromatic heterocycles. The normalized spacial score (nSPS) is 16.5. The van der Waals surface area contributed by atoms with Crippen LogP contribution in [0, 0.1) is 5.92 Å². The average molecular weight is 273 g/mol. The third-order valence-corrected chi connectivity index (χ3v) is 2.46. The van der Waals surface area contributed by atoms with Crippen molar-refractivity contribution in [2.75, 3.05) is 32.7 Å². The zero-order valence-electron chi connectivity index (χ0n) is 13.2. The number of amides is 1. The predicted octanol–water partition coefficient (Wildman–Crippen LogP) is 1.82. The molecule has 0 aromatic rings. The molecule has 0 radical (unpaired) electrons. The molecule has 1 amide bonds.